The third kappa shape index (κ3) is 2.76. The fourth-order valence-electron chi connectivity index (χ4n) is 1.52. The van der Waals surface area contributed by atoms with Gasteiger partial charge in [0, 0.05) is 11.9 Å². The van der Waals surface area contributed by atoms with Crippen LogP contribution in [-0.2, 0) is 6.61 Å². The van der Waals surface area contributed by atoms with Gasteiger partial charge < -0.3 is 16.2 Å². The van der Waals surface area contributed by atoms with Crippen LogP contribution in [0.2, 0.25) is 0 Å². The Morgan fingerprint density at radius 3 is 2.78 bits per heavy atom. The van der Waals surface area contributed by atoms with Crippen molar-refractivity contribution < 1.29 is 9.53 Å². The zero-order valence-corrected chi connectivity index (χ0v) is 9.67. The third-order valence-electron chi connectivity index (χ3n) is 2.37. The number of pyridine rings is 1. The number of para-hydroxylation sites is 1. The van der Waals surface area contributed by atoms with Crippen molar-refractivity contribution in [1.82, 2.24) is 4.98 Å². The normalized spacial score (nSPS) is 10.0. The molecular weight excluding hydrogens is 230 g/mol. The molecule has 0 unspecified atom stereocenters. The van der Waals surface area contributed by atoms with Gasteiger partial charge in [-0.2, -0.15) is 0 Å². The zero-order valence-electron chi connectivity index (χ0n) is 9.67. The van der Waals surface area contributed by atoms with Crippen LogP contribution in [-0.4, -0.2) is 10.9 Å². The van der Waals surface area contributed by atoms with E-state index in [1.165, 1.54) is 0 Å². The van der Waals surface area contributed by atoms with Crippen LogP contribution in [0.3, 0.4) is 0 Å². The van der Waals surface area contributed by atoms with Crippen molar-refractivity contribution in [2.24, 2.45) is 5.73 Å². The van der Waals surface area contributed by atoms with Crippen molar-refractivity contribution in [3.8, 4) is 5.75 Å². The summed E-state index contributed by atoms with van der Waals surface area (Å²) in [6, 6.07) is 10.2. The van der Waals surface area contributed by atoms with Crippen LogP contribution >= 0.6 is 0 Å². The summed E-state index contributed by atoms with van der Waals surface area (Å²) in [6.07, 6.45) is 1.61. The molecule has 0 saturated carbocycles. The number of nitrogens with two attached hydrogens (primary N) is 2. The second-order valence-electron chi connectivity index (χ2n) is 3.73. The molecule has 2 rings (SSSR count). The molecule has 0 aliphatic carbocycles. The van der Waals surface area contributed by atoms with E-state index < -0.39 is 5.91 Å². The first-order valence-corrected chi connectivity index (χ1v) is 5.39. The fraction of sp³-hybridized carbons (Fsp3) is 0.0769. The van der Waals surface area contributed by atoms with Crippen LogP contribution in [0, 0.1) is 0 Å². The summed E-state index contributed by atoms with van der Waals surface area (Å²) in [6.45, 7) is 0.231. The lowest BCUT2D eigenvalue weighted by molar-refractivity contribution is 0.0996. The third-order valence-corrected chi connectivity index (χ3v) is 2.37. The molecule has 5 nitrogen and oxygen atoms in total. The topological polar surface area (TPSA) is 91.2 Å². The molecule has 1 amide bonds. The highest BCUT2D eigenvalue weighted by Crippen LogP contribution is 2.18. The quantitative estimate of drug-likeness (QED) is 0.847. The number of amides is 1. The van der Waals surface area contributed by atoms with Gasteiger partial charge in [0.25, 0.3) is 5.91 Å². The van der Waals surface area contributed by atoms with E-state index in [0.29, 0.717) is 22.7 Å². The number of carbonyl (C=O) groups is 1. The number of ether oxygens (including phenoxy) is 1. The molecule has 0 aliphatic heterocycles. The second-order valence-corrected chi connectivity index (χ2v) is 3.73. The number of hydrogen-bond acceptors (Lipinski definition) is 4. The van der Waals surface area contributed by atoms with Crippen molar-refractivity contribution in [1.29, 1.82) is 0 Å². The minimum Gasteiger partial charge on any atom is -0.486 e. The van der Waals surface area contributed by atoms with E-state index in [1.807, 2.05) is 0 Å². The number of aromatic nitrogens is 1. The summed E-state index contributed by atoms with van der Waals surface area (Å²) in [5.74, 6) is -0.0830. The maximum absolute atomic E-state index is 11.2. The van der Waals surface area contributed by atoms with Crippen molar-refractivity contribution in [3.63, 3.8) is 0 Å². The molecule has 0 saturated heterocycles. The molecule has 2 aromatic rings. The van der Waals surface area contributed by atoms with Crippen molar-refractivity contribution in [2.75, 3.05) is 5.73 Å². The first kappa shape index (κ1) is 11.9. The van der Waals surface area contributed by atoms with Gasteiger partial charge in [-0.15, -0.1) is 0 Å². The average Bonchev–Trinajstić information content (AvgIpc) is 2.37. The summed E-state index contributed by atoms with van der Waals surface area (Å²) in [7, 11) is 0. The van der Waals surface area contributed by atoms with Gasteiger partial charge >= 0.3 is 0 Å². The van der Waals surface area contributed by atoms with Crippen molar-refractivity contribution in [2.45, 2.75) is 6.61 Å². The largest absolute Gasteiger partial charge is 0.486 e. The molecule has 18 heavy (non-hydrogen) atoms. The fourth-order valence-corrected chi connectivity index (χ4v) is 1.52. The number of nitrogen functional groups attached to an aromatic ring is 1. The Morgan fingerprint density at radius 2 is 2.06 bits per heavy atom. The zero-order chi connectivity index (χ0) is 13.0. The molecule has 1 heterocycles. The van der Waals surface area contributed by atoms with E-state index in [-0.39, 0.29) is 6.61 Å². The van der Waals surface area contributed by atoms with E-state index in [2.05, 4.69) is 4.98 Å². The standard InChI is InChI=1S/C13H13N3O2/c14-9-5-6-16-10(7-9)8-18-12-4-2-1-3-11(12)13(15)17/h1-7H,8H2,(H2,14,16)(H2,15,17). The Balaban J connectivity index is 2.13. The van der Waals surface area contributed by atoms with Crippen molar-refractivity contribution in [3.05, 3.63) is 53.9 Å². The van der Waals surface area contributed by atoms with Gasteiger partial charge in [-0.1, -0.05) is 12.1 Å². The van der Waals surface area contributed by atoms with Crippen LogP contribution < -0.4 is 16.2 Å². The molecule has 4 N–H and O–H groups in total. The Bertz CT molecular complexity index is 570. The highest BCUT2D eigenvalue weighted by Gasteiger charge is 2.08. The molecule has 92 valence electrons. The van der Waals surface area contributed by atoms with Crippen LogP contribution in [0.4, 0.5) is 5.69 Å². The summed E-state index contributed by atoms with van der Waals surface area (Å²) >= 11 is 0. The molecule has 0 radical (unpaired) electrons. The average molecular weight is 243 g/mol. The summed E-state index contributed by atoms with van der Waals surface area (Å²) in [5.41, 5.74) is 12.5. The SMILES string of the molecule is NC(=O)c1ccccc1OCc1cc(N)ccn1. The molecular formula is C13H13N3O2. The van der Waals surface area contributed by atoms with E-state index >= 15 is 0 Å². The smallest absolute Gasteiger partial charge is 0.252 e. The lowest BCUT2D eigenvalue weighted by atomic mass is 10.2. The van der Waals surface area contributed by atoms with E-state index in [1.54, 1.807) is 42.6 Å². The Kier molecular flexibility index (Phi) is 3.43. The Hall–Kier alpha value is -2.56. The van der Waals surface area contributed by atoms with Crippen LogP contribution in [0.5, 0.6) is 5.75 Å². The van der Waals surface area contributed by atoms with E-state index in [0.717, 1.165) is 0 Å². The summed E-state index contributed by atoms with van der Waals surface area (Å²) in [4.78, 5) is 15.3. The van der Waals surface area contributed by atoms with E-state index in [9.17, 15) is 4.79 Å². The maximum atomic E-state index is 11.2. The van der Waals surface area contributed by atoms with Crippen LogP contribution in [0.1, 0.15) is 16.1 Å². The number of hydrogen-bond donors (Lipinski definition) is 2. The van der Waals surface area contributed by atoms with E-state index in [4.69, 9.17) is 16.2 Å². The van der Waals surface area contributed by atoms with Gasteiger partial charge in [-0.3, -0.25) is 9.78 Å². The number of rotatable bonds is 4. The molecule has 0 bridgehead atoms. The monoisotopic (exact) mass is 243 g/mol. The molecule has 0 aliphatic rings. The molecule has 0 fully saturated rings. The predicted molar refractivity (Wildman–Crippen MR) is 67.9 cm³/mol. The molecule has 1 aromatic carbocycles. The lowest BCUT2D eigenvalue weighted by Gasteiger charge is -2.09. The summed E-state index contributed by atoms with van der Waals surface area (Å²) < 4.78 is 5.52. The number of anilines is 1. The van der Waals surface area contributed by atoms with Crippen molar-refractivity contribution >= 4 is 11.6 Å². The predicted octanol–water partition coefficient (Wildman–Crippen LogP) is 1.34. The first-order chi connectivity index (χ1) is 8.66. The molecule has 0 spiro atoms. The highest BCUT2D eigenvalue weighted by molar-refractivity contribution is 5.95. The van der Waals surface area contributed by atoms with Crippen LogP contribution in [0.25, 0.3) is 0 Å². The molecule has 1 aromatic heterocycles. The van der Waals surface area contributed by atoms with Gasteiger partial charge in [0.15, 0.2) is 0 Å². The van der Waals surface area contributed by atoms with Gasteiger partial charge in [0.05, 0.1) is 11.3 Å². The lowest BCUT2D eigenvalue weighted by Crippen LogP contribution is -2.13. The number of nitrogens with zero attached hydrogens (tertiary/aromatic N) is 1. The van der Waals surface area contributed by atoms with Crippen LogP contribution in [0.15, 0.2) is 42.6 Å². The van der Waals surface area contributed by atoms with Gasteiger partial charge in [-0.25, -0.2) is 0 Å². The highest BCUT2D eigenvalue weighted by atomic mass is 16.5. The minimum absolute atomic E-state index is 0.231. The number of primary amides is 1. The molecule has 5 heteroatoms. The minimum atomic E-state index is -0.522. The van der Waals surface area contributed by atoms with Gasteiger partial charge in [-0.05, 0) is 24.3 Å². The van der Waals surface area contributed by atoms with Gasteiger partial charge in [0.2, 0.25) is 0 Å². The second kappa shape index (κ2) is 5.18. The number of carbonyl (C=O) groups excluding carboxylic acids is 1. The first-order valence-electron chi connectivity index (χ1n) is 5.39. The Labute approximate surface area is 104 Å². The summed E-state index contributed by atoms with van der Waals surface area (Å²) in [5, 5.41) is 0. The maximum Gasteiger partial charge on any atom is 0.252 e. The van der Waals surface area contributed by atoms with Gasteiger partial charge in [0.1, 0.15) is 12.4 Å². The number of benzene rings is 1. The Morgan fingerprint density at radius 1 is 1.28 bits per heavy atom. The molecule has 0 atom stereocenters.